The Labute approximate surface area is 127 Å². The summed E-state index contributed by atoms with van der Waals surface area (Å²) in [5.74, 6) is -0.450. The minimum atomic E-state index is -3.47. The molecule has 2 aromatic rings. The maximum Gasteiger partial charge on any atom is 0.322 e. The number of hydrogen-bond acceptors (Lipinski definition) is 6. The van der Waals surface area contributed by atoms with E-state index in [4.69, 9.17) is 4.42 Å². The maximum atomic E-state index is 12.4. The summed E-state index contributed by atoms with van der Waals surface area (Å²) in [6, 6.07) is 5.74. The van der Waals surface area contributed by atoms with Gasteiger partial charge < -0.3 is 4.42 Å². The minimum Gasteiger partial charge on any atom is -0.411 e. The summed E-state index contributed by atoms with van der Waals surface area (Å²) in [7, 11) is -3.47. The molecule has 0 spiro atoms. The van der Waals surface area contributed by atoms with Crippen LogP contribution in [0.5, 0.6) is 0 Å². The SMILES string of the molecule is O=C(Nc1nnco1)c1ccc(S(=O)(=O)N2CCCC2)cc1. The smallest absolute Gasteiger partial charge is 0.322 e. The van der Waals surface area contributed by atoms with Crippen molar-refractivity contribution < 1.29 is 17.6 Å². The Bertz CT molecular complexity index is 750. The molecule has 0 bridgehead atoms. The molecule has 0 atom stereocenters. The first-order chi connectivity index (χ1) is 10.6. The minimum absolute atomic E-state index is 0.0150. The Morgan fingerprint density at radius 3 is 2.45 bits per heavy atom. The monoisotopic (exact) mass is 322 g/mol. The van der Waals surface area contributed by atoms with E-state index in [-0.39, 0.29) is 10.9 Å². The van der Waals surface area contributed by atoms with Crippen LogP contribution >= 0.6 is 0 Å². The van der Waals surface area contributed by atoms with Gasteiger partial charge in [-0.1, -0.05) is 5.10 Å². The third-order valence-electron chi connectivity index (χ3n) is 3.40. The zero-order chi connectivity index (χ0) is 15.6. The van der Waals surface area contributed by atoms with Crippen LogP contribution in [0, 0.1) is 0 Å². The van der Waals surface area contributed by atoms with Crippen LogP contribution in [0.25, 0.3) is 0 Å². The lowest BCUT2D eigenvalue weighted by molar-refractivity contribution is 0.102. The zero-order valence-electron chi connectivity index (χ0n) is 11.6. The first kappa shape index (κ1) is 14.7. The molecule has 8 nitrogen and oxygen atoms in total. The second kappa shape index (κ2) is 5.85. The summed E-state index contributed by atoms with van der Waals surface area (Å²) >= 11 is 0. The van der Waals surface area contributed by atoms with Crippen LogP contribution in [0.15, 0.2) is 40.0 Å². The average Bonchev–Trinajstić information content (AvgIpc) is 3.21. The lowest BCUT2D eigenvalue weighted by atomic mass is 10.2. The Morgan fingerprint density at radius 1 is 1.18 bits per heavy atom. The van der Waals surface area contributed by atoms with Gasteiger partial charge in [-0.3, -0.25) is 10.1 Å². The Morgan fingerprint density at radius 2 is 1.86 bits per heavy atom. The van der Waals surface area contributed by atoms with E-state index in [1.54, 1.807) is 0 Å². The predicted molar refractivity (Wildman–Crippen MR) is 76.7 cm³/mol. The van der Waals surface area contributed by atoms with Gasteiger partial charge in [-0.15, -0.1) is 5.10 Å². The molecule has 1 aliphatic heterocycles. The van der Waals surface area contributed by atoms with Gasteiger partial charge in [-0.25, -0.2) is 8.42 Å². The molecule has 1 aromatic heterocycles. The van der Waals surface area contributed by atoms with E-state index in [9.17, 15) is 13.2 Å². The van der Waals surface area contributed by atoms with E-state index in [0.29, 0.717) is 18.7 Å². The number of aromatic nitrogens is 2. The molecular formula is C13H14N4O4S. The van der Waals surface area contributed by atoms with Gasteiger partial charge in [0.1, 0.15) is 0 Å². The van der Waals surface area contributed by atoms with Crippen LogP contribution in [0.4, 0.5) is 6.01 Å². The van der Waals surface area contributed by atoms with Crippen molar-refractivity contribution in [1.82, 2.24) is 14.5 Å². The topological polar surface area (TPSA) is 105 Å². The molecular weight excluding hydrogens is 308 g/mol. The molecule has 0 unspecified atom stereocenters. The molecule has 2 heterocycles. The number of nitrogens with one attached hydrogen (secondary N) is 1. The van der Waals surface area contributed by atoms with Crippen LogP contribution in [0.3, 0.4) is 0 Å². The number of rotatable bonds is 4. The van der Waals surface area contributed by atoms with Crippen molar-refractivity contribution in [3.8, 4) is 0 Å². The van der Waals surface area contributed by atoms with Crippen molar-refractivity contribution in [3.63, 3.8) is 0 Å². The van der Waals surface area contributed by atoms with Crippen LogP contribution < -0.4 is 5.32 Å². The molecule has 9 heteroatoms. The van der Waals surface area contributed by atoms with Crippen LogP contribution in [-0.2, 0) is 10.0 Å². The predicted octanol–water partition coefficient (Wildman–Crippen LogP) is 1.11. The lowest BCUT2D eigenvalue weighted by Gasteiger charge is -2.15. The van der Waals surface area contributed by atoms with Crippen LogP contribution in [-0.4, -0.2) is 41.9 Å². The van der Waals surface area contributed by atoms with Crippen LogP contribution in [0.2, 0.25) is 0 Å². The van der Waals surface area contributed by atoms with E-state index in [1.807, 2.05) is 0 Å². The third-order valence-corrected chi connectivity index (χ3v) is 5.31. The van der Waals surface area contributed by atoms with E-state index in [0.717, 1.165) is 19.2 Å². The molecule has 0 saturated carbocycles. The fraction of sp³-hybridized carbons (Fsp3) is 0.308. The fourth-order valence-corrected chi connectivity index (χ4v) is 3.77. The van der Waals surface area contributed by atoms with Crippen molar-refractivity contribution in [2.24, 2.45) is 0 Å². The van der Waals surface area contributed by atoms with Crippen molar-refractivity contribution >= 4 is 21.9 Å². The highest BCUT2D eigenvalue weighted by molar-refractivity contribution is 7.89. The summed E-state index contributed by atoms with van der Waals surface area (Å²) in [4.78, 5) is 12.1. The fourth-order valence-electron chi connectivity index (χ4n) is 2.25. The summed E-state index contributed by atoms with van der Waals surface area (Å²) < 4.78 is 31.0. The maximum absolute atomic E-state index is 12.4. The molecule has 22 heavy (non-hydrogen) atoms. The number of sulfonamides is 1. The quantitative estimate of drug-likeness (QED) is 0.904. The van der Waals surface area contributed by atoms with E-state index < -0.39 is 15.9 Å². The molecule has 1 aromatic carbocycles. The summed E-state index contributed by atoms with van der Waals surface area (Å²) in [6.07, 6.45) is 2.86. The number of amides is 1. The van der Waals surface area contributed by atoms with E-state index in [2.05, 4.69) is 15.5 Å². The number of carbonyl (C=O) groups excluding carboxylic acids is 1. The highest BCUT2D eigenvalue weighted by Crippen LogP contribution is 2.21. The van der Waals surface area contributed by atoms with Crippen molar-refractivity contribution in [1.29, 1.82) is 0 Å². The molecule has 0 radical (unpaired) electrons. The summed E-state index contributed by atoms with van der Waals surface area (Å²) in [6.45, 7) is 1.09. The molecule has 0 aliphatic carbocycles. The second-order valence-corrected chi connectivity index (χ2v) is 6.77. The second-order valence-electron chi connectivity index (χ2n) is 4.83. The van der Waals surface area contributed by atoms with Gasteiger partial charge in [0.25, 0.3) is 5.91 Å². The van der Waals surface area contributed by atoms with E-state index >= 15 is 0 Å². The number of carbonyl (C=O) groups is 1. The van der Waals surface area contributed by atoms with Gasteiger partial charge in [-0.2, -0.15) is 4.31 Å². The van der Waals surface area contributed by atoms with Gasteiger partial charge in [0.2, 0.25) is 16.4 Å². The van der Waals surface area contributed by atoms with Gasteiger partial charge in [-0.05, 0) is 37.1 Å². The third kappa shape index (κ3) is 2.85. The van der Waals surface area contributed by atoms with E-state index in [1.165, 1.54) is 28.6 Å². The van der Waals surface area contributed by atoms with Gasteiger partial charge >= 0.3 is 6.01 Å². The first-order valence-electron chi connectivity index (χ1n) is 6.75. The molecule has 116 valence electrons. The molecule has 1 N–H and O–H groups in total. The number of anilines is 1. The molecule has 3 rings (SSSR count). The highest BCUT2D eigenvalue weighted by atomic mass is 32.2. The van der Waals surface area contributed by atoms with Gasteiger partial charge in [0.15, 0.2) is 0 Å². The standard InChI is InChI=1S/C13H14N4O4S/c18-12(15-13-16-14-9-21-13)10-3-5-11(6-4-10)22(19,20)17-7-1-2-8-17/h3-6,9H,1-2,7-8H2,(H,15,16,18). The highest BCUT2D eigenvalue weighted by Gasteiger charge is 2.27. The molecule has 1 aliphatic rings. The molecule has 1 fully saturated rings. The van der Waals surface area contributed by atoms with Crippen molar-refractivity contribution in [2.75, 3.05) is 18.4 Å². The number of hydrogen-bond donors (Lipinski definition) is 1. The zero-order valence-corrected chi connectivity index (χ0v) is 12.4. The van der Waals surface area contributed by atoms with Crippen LogP contribution in [0.1, 0.15) is 23.2 Å². The van der Waals surface area contributed by atoms with Crippen molar-refractivity contribution in [3.05, 3.63) is 36.2 Å². The Balaban J connectivity index is 1.76. The Kier molecular flexibility index (Phi) is 3.90. The van der Waals surface area contributed by atoms with Crippen molar-refractivity contribution in [2.45, 2.75) is 17.7 Å². The average molecular weight is 322 g/mol. The van der Waals surface area contributed by atoms with Gasteiger partial charge in [0, 0.05) is 18.7 Å². The summed E-state index contributed by atoms with van der Waals surface area (Å²) in [5.41, 5.74) is 0.304. The first-order valence-corrected chi connectivity index (χ1v) is 8.19. The largest absolute Gasteiger partial charge is 0.411 e. The number of nitrogens with zero attached hydrogens (tertiary/aromatic N) is 3. The summed E-state index contributed by atoms with van der Waals surface area (Å²) in [5, 5.41) is 9.40. The van der Waals surface area contributed by atoms with Gasteiger partial charge in [0.05, 0.1) is 4.90 Å². The Hall–Kier alpha value is -2.26. The normalized spacial score (nSPS) is 15.8. The molecule has 1 saturated heterocycles. The molecule has 1 amide bonds. The number of benzene rings is 1. The lowest BCUT2D eigenvalue weighted by Crippen LogP contribution is -2.27.